The van der Waals surface area contributed by atoms with E-state index in [2.05, 4.69) is 9.97 Å². The van der Waals surface area contributed by atoms with E-state index in [1.165, 1.54) is 0 Å². The summed E-state index contributed by atoms with van der Waals surface area (Å²) in [6.45, 7) is 1.67. The van der Waals surface area contributed by atoms with Crippen LogP contribution >= 0.6 is 23.1 Å². The predicted molar refractivity (Wildman–Crippen MR) is 71.5 cm³/mol. The van der Waals surface area contributed by atoms with Crippen molar-refractivity contribution in [1.29, 1.82) is 0 Å². The number of aromatic nitrogens is 2. The molecule has 0 aliphatic carbocycles. The second kappa shape index (κ2) is 4.80. The largest absolute Gasteiger partial charge is 0.383 e. The molecule has 2 aromatic heterocycles. The van der Waals surface area contributed by atoms with E-state index in [4.69, 9.17) is 10.5 Å². The highest BCUT2D eigenvalue weighted by molar-refractivity contribution is 7.99. The molecule has 1 fully saturated rings. The number of nitrogen functional groups attached to an aromatic ring is 1. The van der Waals surface area contributed by atoms with Gasteiger partial charge < -0.3 is 10.5 Å². The third-order valence-electron chi connectivity index (χ3n) is 2.72. The van der Waals surface area contributed by atoms with Gasteiger partial charge in [0.2, 0.25) is 0 Å². The minimum atomic E-state index is 0.459. The first-order chi connectivity index (χ1) is 8.33. The fourth-order valence-electron chi connectivity index (χ4n) is 1.86. The van der Waals surface area contributed by atoms with Crippen LogP contribution in [0.2, 0.25) is 0 Å². The summed E-state index contributed by atoms with van der Waals surface area (Å²) in [6.07, 6.45) is 2.28. The van der Waals surface area contributed by atoms with Crippen LogP contribution in [-0.4, -0.2) is 28.4 Å². The van der Waals surface area contributed by atoms with Crippen LogP contribution in [0.25, 0.3) is 10.2 Å². The number of hydrogen-bond acceptors (Lipinski definition) is 6. The van der Waals surface area contributed by atoms with Gasteiger partial charge in [0.1, 0.15) is 10.6 Å². The van der Waals surface area contributed by atoms with Crippen LogP contribution in [0, 0.1) is 0 Å². The zero-order chi connectivity index (χ0) is 11.7. The molecule has 1 saturated heterocycles. The van der Waals surface area contributed by atoms with Crippen LogP contribution in [0.15, 0.2) is 16.6 Å². The molecule has 1 aliphatic rings. The van der Waals surface area contributed by atoms with Gasteiger partial charge in [-0.1, -0.05) is 11.8 Å². The van der Waals surface area contributed by atoms with Crippen molar-refractivity contribution in [3.05, 3.63) is 11.4 Å². The molecule has 0 amide bonds. The number of thioether (sulfide) groups is 1. The van der Waals surface area contributed by atoms with Crippen molar-refractivity contribution in [2.45, 2.75) is 23.2 Å². The lowest BCUT2D eigenvalue weighted by Crippen LogP contribution is -2.19. The first kappa shape index (κ1) is 11.3. The third kappa shape index (κ3) is 2.38. The minimum Gasteiger partial charge on any atom is -0.383 e. The quantitative estimate of drug-likeness (QED) is 0.847. The molecule has 3 heterocycles. The smallest absolute Gasteiger partial charge is 0.191 e. The normalized spacial score (nSPS) is 20.8. The second-order valence-electron chi connectivity index (χ2n) is 3.99. The monoisotopic (exact) mass is 267 g/mol. The van der Waals surface area contributed by atoms with E-state index in [0.29, 0.717) is 11.1 Å². The molecule has 3 rings (SSSR count). The lowest BCUT2D eigenvalue weighted by molar-refractivity contribution is 0.101. The average Bonchev–Trinajstić information content (AvgIpc) is 2.79. The van der Waals surface area contributed by atoms with Crippen molar-refractivity contribution in [1.82, 2.24) is 9.97 Å². The van der Waals surface area contributed by atoms with E-state index < -0.39 is 0 Å². The van der Waals surface area contributed by atoms with Gasteiger partial charge >= 0.3 is 0 Å². The van der Waals surface area contributed by atoms with Crippen LogP contribution < -0.4 is 5.73 Å². The molecular formula is C11H13N3OS2. The summed E-state index contributed by atoms with van der Waals surface area (Å²) in [5, 5.41) is 4.18. The highest BCUT2D eigenvalue weighted by Crippen LogP contribution is 2.30. The SMILES string of the molecule is Nc1nc(SC2CCCOC2)nc2sccc12. The van der Waals surface area contributed by atoms with Gasteiger partial charge in [-0.2, -0.15) is 0 Å². The molecule has 1 aliphatic heterocycles. The molecule has 2 aromatic rings. The van der Waals surface area contributed by atoms with Crippen LogP contribution in [0.4, 0.5) is 5.82 Å². The number of hydrogen-bond donors (Lipinski definition) is 1. The molecule has 0 spiro atoms. The standard InChI is InChI=1S/C11H13N3OS2/c12-9-8-3-5-16-10(8)14-11(13-9)17-7-2-1-4-15-6-7/h3,5,7H,1-2,4,6H2,(H2,12,13,14). The third-order valence-corrected chi connectivity index (χ3v) is 4.63. The van der Waals surface area contributed by atoms with Crippen molar-refractivity contribution in [3.8, 4) is 0 Å². The van der Waals surface area contributed by atoms with Crippen molar-refractivity contribution < 1.29 is 4.74 Å². The second-order valence-corrected chi connectivity index (χ2v) is 6.15. The Balaban J connectivity index is 1.84. The summed E-state index contributed by atoms with van der Waals surface area (Å²) >= 11 is 3.28. The number of nitrogens with zero attached hydrogens (tertiary/aromatic N) is 2. The zero-order valence-electron chi connectivity index (χ0n) is 9.26. The van der Waals surface area contributed by atoms with E-state index in [1.54, 1.807) is 23.1 Å². The van der Waals surface area contributed by atoms with E-state index in [1.807, 2.05) is 11.4 Å². The number of ether oxygens (including phenoxy) is 1. The number of fused-ring (bicyclic) bond motifs is 1. The van der Waals surface area contributed by atoms with Crippen LogP contribution in [0.5, 0.6) is 0 Å². The number of rotatable bonds is 2. The molecular weight excluding hydrogens is 254 g/mol. The molecule has 0 saturated carbocycles. The summed E-state index contributed by atoms with van der Waals surface area (Å²) in [6, 6.07) is 1.97. The molecule has 0 bridgehead atoms. The molecule has 0 radical (unpaired) electrons. The maximum absolute atomic E-state index is 5.92. The first-order valence-corrected chi connectivity index (χ1v) is 7.34. The summed E-state index contributed by atoms with van der Waals surface area (Å²) in [7, 11) is 0. The van der Waals surface area contributed by atoms with Gasteiger partial charge in [-0.05, 0) is 24.3 Å². The molecule has 6 heteroatoms. The Morgan fingerprint density at radius 1 is 1.47 bits per heavy atom. The van der Waals surface area contributed by atoms with E-state index >= 15 is 0 Å². The topological polar surface area (TPSA) is 61.0 Å². The number of thiophene rings is 1. The van der Waals surface area contributed by atoms with Crippen LogP contribution in [-0.2, 0) is 4.74 Å². The highest BCUT2D eigenvalue weighted by Gasteiger charge is 2.17. The lowest BCUT2D eigenvalue weighted by atomic mass is 10.2. The molecule has 17 heavy (non-hydrogen) atoms. The van der Waals surface area contributed by atoms with E-state index in [9.17, 15) is 0 Å². The summed E-state index contributed by atoms with van der Waals surface area (Å²) in [4.78, 5) is 9.84. The fraction of sp³-hybridized carbons (Fsp3) is 0.455. The predicted octanol–water partition coefficient (Wildman–Crippen LogP) is 2.54. The molecule has 0 aromatic carbocycles. The Morgan fingerprint density at radius 3 is 3.24 bits per heavy atom. The van der Waals surface area contributed by atoms with Crippen molar-refractivity contribution in [2.75, 3.05) is 18.9 Å². The molecule has 2 N–H and O–H groups in total. The fourth-order valence-corrected chi connectivity index (χ4v) is 3.74. The number of anilines is 1. The number of nitrogens with two attached hydrogens (primary N) is 1. The minimum absolute atomic E-state index is 0.459. The van der Waals surface area contributed by atoms with Crippen molar-refractivity contribution >= 4 is 39.1 Å². The van der Waals surface area contributed by atoms with Gasteiger partial charge in [0.25, 0.3) is 0 Å². The van der Waals surface area contributed by atoms with Crippen LogP contribution in [0.1, 0.15) is 12.8 Å². The van der Waals surface area contributed by atoms with Crippen LogP contribution in [0.3, 0.4) is 0 Å². The Hall–Kier alpha value is -0.850. The maximum atomic E-state index is 5.92. The summed E-state index contributed by atoms with van der Waals surface area (Å²) < 4.78 is 5.45. The Morgan fingerprint density at radius 2 is 2.41 bits per heavy atom. The van der Waals surface area contributed by atoms with Gasteiger partial charge in [-0.25, -0.2) is 9.97 Å². The van der Waals surface area contributed by atoms with Gasteiger partial charge in [0.15, 0.2) is 5.16 Å². The van der Waals surface area contributed by atoms with Crippen molar-refractivity contribution in [3.63, 3.8) is 0 Å². The Bertz CT molecular complexity index is 522. The van der Waals surface area contributed by atoms with Gasteiger partial charge in [0, 0.05) is 11.9 Å². The van der Waals surface area contributed by atoms with Gasteiger partial charge in [-0.15, -0.1) is 11.3 Å². The van der Waals surface area contributed by atoms with E-state index in [-0.39, 0.29) is 0 Å². The Kier molecular flexibility index (Phi) is 3.17. The molecule has 90 valence electrons. The van der Waals surface area contributed by atoms with Crippen molar-refractivity contribution in [2.24, 2.45) is 0 Å². The van der Waals surface area contributed by atoms with E-state index in [0.717, 1.165) is 41.4 Å². The van der Waals surface area contributed by atoms with Gasteiger partial charge in [-0.3, -0.25) is 0 Å². The molecule has 4 nitrogen and oxygen atoms in total. The Labute approximate surface area is 108 Å². The highest BCUT2D eigenvalue weighted by atomic mass is 32.2. The summed E-state index contributed by atoms with van der Waals surface area (Å²) in [5.41, 5.74) is 5.92. The first-order valence-electron chi connectivity index (χ1n) is 5.58. The maximum Gasteiger partial charge on any atom is 0.191 e. The molecule has 1 unspecified atom stereocenters. The average molecular weight is 267 g/mol. The summed E-state index contributed by atoms with van der Waals surface area (Å²) in [5.74, 6) is 0.579. The molecule has 1 atom stereocenters. The lowest BCUT2D eigenvalue weighted by Gasteiger charge is -2.20. The zero-order valence-corrected chi connectivity index (χ0v) is 10.9. The van der Waals surface area contributed by atoms with Gasteiger partial charge in [0.05, 0.1) is 12.0 Å².